The van der Waals surface area contributed by atoms with Crippen molar-refractivity contribution in [2.24, 2.45) is 0 Å². The Morgan fingerprint density at radius 3 is 3.12 bits per heavy atom. The van der Waals surface area contributed by atoms with Gasteiger partial charge in [0, 0.05) is 5.92 Å². The lowest BCUT2D eigenvalue weighted by atomic mass is 10.4. The molecule has 0 radical (unpaired) electrons. The van der Waals surface area contributed by atoms with E-state index in [4.69, 9.17) is 11.6 Å². The van der Waals surface area contributed by atoms with Gasteiger partial charge in [-0.2, -0.15) is 5.10 Å². The van der Waals surface area contributed by atoms with Crippen LogP contribution in [0, 0.1) is 11.8 Å². The zero-order valence-corrected chi connectivity index (χ0v) is 9.02. The van der Waals surface area contributed by atoms with Crippen molar-refractivity contribution in [3.8, 4) is 11.8 Å². The highest BCUT2D eigenvalue weighted by atomic mass is 35.5. The quantitative estimate of drug-likeness (QED) is 0.503. The summed E-state index contributed by atoms with van der Waals surface area (Å²) in [4.78, 5) is 14.9. The van der Waals surface area contributed by atoms with Crippen molar-refractivity contribution in [1.82, 2.24) is 14.6 Å². The maximum Gasteiger partial charge on any atom is 0.384 e. The van der Waals surface area contributed by atoms with Crippen LogP contribution in [0.15, 0.2) is 18.3 Å². The molecule has 0 saturated carbocycles. The Morgan fingerprint density at radius 2 is 2.38 bits per heavy atom. The van der Waals surface area contributed by atoms with Crippen LogP contribution in [-0.4, -0.2) is 27.7 Å². The number of imidazole rings is 1. The molecular formula is C10H6ClN3O2. The fraction of sp³-hybridized carbons (Fsp3) is 0.100. The molecule has 2 aromatic rings. The van der Waals surface area contributed by atoms with Crippen molar-refractivity contribution in [1.29, 1.82) is 0 Å². The van der Waals surface area contributed by atoms with Crippen molar-refractivity contribution in [3.05, 3.63) is 29.2 Å². The summed E-state index contributed by atoms with van der Waals surface area (Å²) in [6, 6.07) is 3.33. The number of fused-ring (bicyclic) bond motifs is 1. The van der Waals surface area contributed by atoms with E-state index >= 15 is 0 Å². The van der Waals surface area contributed by atoms with Gasteiger partial charge in [0.1, 0.15) is 10.8 Å². The van der Waals surface area contributed by atoms with Gasteiger partial charge in [-0.1, -0.05) is 11.6 Å². The van der Waals surface area contributed by atoms with Crippen molar-refractivity contribution < 1.29 is 9.53 Å². The van der Waals surface area contributed by atoms with E-state index in [1.807, 2.05) is 0 Å². The molecule has 80 valence electrons. The van der Waals surface area contributed by atoms with Crippen molar-refractivity contribution in [2.45, 2.75) is 0 Å². The number of aromatic nitrogens is 3. The molecule has 0 fully saturated rings. The summed E-state index contributed by atoms with van der Waals surface area (Å²) in [5, 5.41) is 4.33. The molecule has 0 spiro atoms. The standard InChI is InChI=1S/C10H6ClN3O2/c1-16-10(15)5-2-7-6-12-9-4-3-8(11)13-14(7)9/h3-4,6H,1H3. The van der Waals surface area contributed by atoms with Crippen LogP contribution in [0.3, 0.4) is 0 Å². The van der Waals surface area contributed by atoms with Crippen LogP contribution in [-0.2, 0) is 9.53 Å². The van der Waals surface area contributed by atoms with E-state index in [0.717, 1.165) is 0 Å². The van der Waals surface area contributed by atoms with E-state index in [0.29, 0.717) is 16.5 Å². The first-order valence-corrected chi connectivity index (χ1v) is 4.69. The lowest BCUT2D eigenvalue weighted by Gasteiger charge is -1.93. The highest BCUT2D eigenvalue weighted by molar-refractivity contribution is 6.29. The predicted octanol–water partition coefficient (Wildman–Crippen LogP) is 0.907. The van der Waals surface area contributed by atoms with Gasteiger partial charge in [-0.15, -0.1) is 0 Å². The van der Waals surface area contributed by atoms with Gasteiger partial charge < -0.3 is 4.74 Å². The number of methoxy groups -OCH3 is 1. The molecule has 0 aliphatic heterocycles. The average molecular weight is 236 g/mol. The molecule has 0 N–H and O–H groups in total. The Bertz CT molecular complexity index is 609. The first kappa shape index (κ1) is 10.5. The molecule has 0 aromatic carbocycles. The van der Waals surface area contributed by atoms with E-state index < -0.39 is 5.97 Å². The van der Waals surface area contributed by atoms with Crippen LogP contribution in [0.25, 0.3) is 5.65 Å². The molecule has 0 atom stereocenters. The normalized spacial score (nSPS) is 9.62. The summed E-state index contributed by atoms with van der Waals surface area (Å²) in [5.41, 5.74) is 1.08. The number of rotatable bonds is 0. The molecule has 5 nitrogen and oxygen atoms in total. The minimum absolute atomic E-state index is 0.326. The van der Waals surface area contributed by atoms with E-state index in [1.54, 1.807) is 12.1 Å². The van der Waals surface area contributed by atoms with Gasteiger partial charge in [0.25, 0.3) is 0 Å². The number of hydrogen-bond donors (Lipinski definition) is 0. The molecule has 2 rings (SSSR count). The van der Waals surface area contributed by atoms with Gasteiger partial charge in [-0.25, -0.2) is 14.3 Å². The topological polar surface area (TPSA) is 56.5 Å². The van der Waals surface area contributed by atoms with Gasteiger partial charge >= 0.3 is 5.97 Å². The summed E-state index contributed by atoms with van der Waals surface area (Å²) >= 11 is 5.74. The third kappa shape index (κ3) is 1.97. The minimum Gasteiger partial charge on any atom is -0.459 e. The summed E-state index contributed by atoms with van der Waals surface area (Å²) < 4.78 is 5.85. The number of carbonyl (C=O) groups excluding carboxylic acids is 1. The lowest BCUT2D eigenvalue weighted by Crippen LogP contribution is -1.97. The van der Waals surface area contributed by atoms with Gasteiger partial charge in [0.15, 0.2) is 5.65 Å². The molecule has 0 bridgehead atoms. The molecule has 2 heterocycles. The zero-order chi connectivity index (χ0) is 11.5. The van der Waals surface area contributed by atoms with Crippen LogP contribution in [0.2, 0.25) is 5.15 Å². The number of carbonyl (C=O) groups is 1. The van der Waals surface area contributed by atoms with Crippen LogP contribution < -0.4 is 0 Å². The fourth-order valence-corrected chi connectivity index (χ4v) is 1.24. The highest BCUT2D eigenvalue weighted by Gasteiger charge is 2.02. The van der Waals surface area contributed by atoms with E-state index in [2.05, 4.69) is 26.7 Å². The second-order valence-electron chi connectivity index (χ2n) is 2.81. The van der Waals surface area contributed by atoms with E-state index in [1.165, 1.54) is 17.8 Å². The van der Waals surface area contributed by atoms with Crippen LogP contribution in [0.5, 0.6) is 0 Å². The first-order chi connectivity index (χ1) is 7.70. The Kier molecular flexibility index (Phi) is 2.75. The zero-order valence-electron chi connectivity index (χ0n) is 8.27. The maximum atomic E-state index is 10.8. The molecule has 0 unspecified atom stereocenters. The van der Waals surface area contributed by atoms with Gasteiger partial charge in [0.2, 0.25) is 0 Å². The number of halogens is 1. The van der Waals surface area contributed by atoms with Crippen LogP contribution in [0.1, 0.15) is 5.69 Å². The Morgan fingerprint density at radius 1 is 1.56 bits per heavy atom. The molecular weight excluding hydrogens is 230 g/mol. The second-order valence-corrected chi connectivity index (χ2v) is 3.20. The van der Waals surface area contributed by atoms with Crippen LogP contribution in [0.4, 0.5) is 0 Å². The third-order valence-electron chi connectivity index (χ3n) is 1.81. The first-order valence-electron chi connectivity index (χ1n) is 4.31. The fourth-order valence-electron chi connectivity index (χ4n) is 1.10. The van der Waals surface area contributed by atoms with Crippen LogP contribution >= 0.6 is 11.6 Å². The van der Waals surface area contributed by atoms with Gasteiger partial charge in [0.05, 0.1) is 13.3 Å². The Balaban J connectivity index is 2.48. The summed E-state index contributed by atoms with van der Waals surface area (Å²) in [5.74, 6) is 4.28. The SMILES string of the molecule is COC(=O)C#Cc1cnc2ccc(Cl)nn12. The minimum atomic E-state index is -0.614. The molecule has 0 saturated heterocycles. The Labute approximate surface area is 96.0 Å². The number of hydrogen-bond acceptors (Lipinski definition) is 4. The van der Waals surface area contributed by atoms with Gasteiger partial charge in [-0.05, 0) is 18.1 Å². The number of esters is 1. The largest absolute Gasteiger partial charge is 0.459 e. The van der Waals surface area contributed by atoms with Crippen molar-refractivity contribution in [3.63, 3.8) is 0 Å². The lowest BCUT2D eigenvalue weighted by molar-refractivity contribution is -0.133. The summed E-state index contributed by atoms with van der Waals surface area (Å²) in [7, 11) is 1.26. The van der Waals surface area contributed by atoms with Crippen molar-refractivity contribution >= 4 is 23.2 Å². The molecule has 0 amide bonds. The summed E-state index contributed by atoms with van der Waals surface area (Å²) in [6.45, 7) is 0. The molecule has 6 heteroatoms. The molecule has 16 heavy (non-hydrogen) atoms. The average Bonchev–Trinajstić information content (AvgIpc) is 2.68. The van der Waals surface area contributed by atoms with Crippen molar-refractivity contribution in [2.75, 3.05) is 7.11 Å². The maximum absolute atomic E-state index is 10.8. The number of ether oxygens (including phenoxy) is 1. The highest BCUT2D eigenvalue weighted by Crippen LogP contribution is 2.08. The third-order valence-corrected chi connectivity index (χ3v) is 2.01. The smallest absolute Gasteiger partial charge is 0.384 e. The molecule has 0 aliphatic carbocycles. The number of nitrogens with zero attached hydrogens (tertiary/aromatic N) is 3. The van der Waals surface area contributed by atoms with Gasteiger partial charge in [-0.3, -0.25) is 0 Å². The summed E-state index contributed by atoms with van der Waals surface area (Å²) in [6.07, 6.45) is 1.51. The predicted molar refractivity (Wildman–Crippen MR) is 56.9 cm³/mol. The Hall–Kier alpha value is -2.06. The second kappa shape index (κ2) is 4.21. The van der Waals surface area contributed by atoms with E-state index in [-0.39, 0.29) is 0 Å². The molecule has 2 aromatic heterocycles. The molecule has 0 aliphatic rings. The monoisotopic (exact) mass is 235 g/mol. The van der Waals surface area contributed by atoms with E-state index in [9.17, 15) is 4.79 Å².